The maximum atomic E-state index is 14.0. The van der Waals surface area contributed by atoms with Gasteiger partial charge in [-0.2, -0.15) is 13.2 Å². The highest BCUT2D eigenvalue weighted by molar-refractivity contribution is 8.00. The van der Waals surface area contributed by atoms with Crippen molar-refractivity contribution in [1.82, 2.24) is 4.57 Å². The Morgan fingerprint density at radius 2 is 1.66 bits per heavy atom. The first kappa shape index (κ1) is 30.4. The van der Waals surface area contributed by atoms with Crippen molar-refractivity contribution in [1.29, 1.82) is 0 Å². The highest BCUT2D eigenvalue weighted by Gasteiger charge is 2.57. The van der Waals surface area contributed by atoms with E-state index in [4.69, 9.17) is 23.2 Å². The highest BCUT2D eigenvalue weighted by Crippen LogP contribution is 2.55. The molecule has 0 radical (unpaired) electrons. The molecule has 3 atom stereocenters. The van der Waals surface area contributed by atoms with E-state index >= 15 is 0 Å². The number of carbonyl (C=O) groups excluding carboxylic acids is 3. The lowest BCUT2D eigenvalue weighted by Gasteiger charge is -2.31. The van der Waals surface area contributed by atoms with Crippen LogP contribution in [0.3, 0.4) is 0 Å². The van der Waals surface area contributed by atoms with E-state index in [2.05, 4.69) is 5.32 Å². The van der Waals surface area contributed by atoms with E-state index in [9.17, 15) is 36.7 Å². The van der Waals surface area contributed by atoms with Crippen molar-refractivity contribution < 1.29 is 31.9 Å². The van der Waals surface area contributed by atoms with Crippen LogP contribution in [0.4, 0.5) is 28.9 Å². The summed E-state index contributed by atoms with van der Waals surface area (Å²) in [5, 5.41) is 1.89. The van der Waals surface area contributed by atoms with E-state index in [0.29, 0.717) is 10.4 Å². The molecular weight excluding hydrogens is 665 g/mol. The maximum absolute atomic E-state index is 14.0. The topological polar surface area (TPSA) is 88.5 Å². The van der Waals surface area contributed by atoms with Crippen LogP contribution in [-0.4, -0.2) is 27.5 Å². The van der Waals surface area contributed by atoms with Crippen molar-refractivity contribution in [2.45, 2.75) is 28.9 Å². The van der Waals surface area contributed by atoms with Crippen molar-refractivity contribution in [3.05, 3.63) is 108 Å². The molecule has 3 amide bonds. The van der Waals surface area contributed by atoms with Gasteiger partial charge < -0.3 is 5.32 Å². The molecule has 3 unspecified atom stereocenters. The van der Waals surface area contributed by atoms with Crippen molar-refractivity contribution in [3.63, 3.8) is 0 Å². The summed E-state index contributed by atoms with van der Waals surface area (Å²) in [6, 6.07) is 13.6. The Labute approximate surface area is 264 Å². The molecule has 1 aromatic heterocycles. The molecular formula is C29H17Cl2F4N3O4S2. The van der Waals surface area contributed by atoms with Crippen LogP contribution in [-0.2, 0) is 27.1 Å². The molecule has 2 aliphatic rings. The molecule has 44 heavy (non-hydrogen) atoms. The van der Waals surface area contributed by atoms with Gasteiger partial charge in [0.25, 0.3) is 0 Å². The van der Waals surface area contributed by atoms with E-state index in [-0.39, 0.29) is 26.4 Å². The summed E-state index contributed by atoms with van der Waals surface area (Å²) in [4.78, 5) is 54.5. The fourth-order valence-corrected chi connectivity index (χ4v) is 8.49. The molecule has 0 spiro atoms. The Morgan fingerprint density at radius 1 is 0.955 bits per heavy atom. The van der Waals surface area contributed by atoms with Crippen molar-refractivity contribution in [3.8, 4) is 0 Å². The predicted octanol–water partition coefficient (Wildman–Crippen LogP) is 6.81. The molecule has 15 heteroatoms. The number of thioether (sulfide) groups is 1. The van der Waals surface area contributed by atoms with Crippen LogP contribution in [0.25, 0.3) is 0 Å². The van der Waals surface area contributed by atoms with E-state index in [1.54, 1.807) is 12.1 Å². The van der Waals surface area contributed by atoms with Gasteiger partial charge in [0, 0.05) is 16.5 Å². The first-order valence-electron chi connectivity index (χ1n) is 12.8. The monoisotopic (exact) mass is 681 g/mol. The highest BCUT2D eigenvalue weighted by atomic mass is 35.5. The van der Waals surface area contributed by atoms with Gasteiger partial charge in [-0.1, -0.05) is 64.5 Å². The quantitative estimate of drug-likeness (QED) is 0.185. The number of nitrogens with one attached hydrogen (secondary N) is 1. The second-order valence-electron chi connectivity index (χ2n) is 9.92. The van der Waals surface area contributed by atoms with Gasteiger partial charge in [-0.15, -0.1) is 0 Å². The molecule has 0 aliphatic carbocycles. The van der Waals surface area contributed by atoms with Crippen LogP contribution in [0.15, 0.2) is 76.6 Å². The lowest BCUT2D eigenvalue weighted by Crippen LogP contribution is -2.33. The van der Waals surface area contributed by atoms with E-state index in [1.807, 2.05) is 0 Å². The molecule has 2 aliphatic heterocycles. The zero-order valence-electron chi connectivity index (χ0n) is 21.9. The Hall–Kier alpha value is -3.65. The minimum Gasteiger partial charge on any atom is -0.325 e. The maximum Gasteiger partial charge on any atom is 0.416 e. The van der Waals surface area contributed by atoms with Crippen LogP contribution in [0.2, 0.25) is 10.0 Å². The lowest BCUT2D eigenvalue weighted by atomic mass is 9.83. The molecule has 3 heterocycles. The molecule has 1 N–H and O–H groups in total. The number of halogens is 6. The predicted molar refractivity (Wildman–Crippen MR) is 159 cm³/mol. The zero-order chi connectivity index (χ0) is 31.5. The Balaban J connectivity index is 1.43. The standard InChI is InChI=1S/C29H17Cl2F4N3O4S2/c30-18-6-2-5-17(22(18)31)20-21-23(26(41)38(25(21)40)16-4-1-3-13(11-16)29(33,34)35)43-27-24(20)44-28(42)37(27)12-19(39)36-15-9-7-14(32)8-10-15/h1-11,20-21,23H,12H2,(H,36,39). The van der Waals surface area contributed by atoms with Crippen LogP contribution in [0.1, 0.15) is 21.9 Å². The van der Waals surface area contributed by atoms with Gasteiger partial charge in [0.05, 0.1) is 32.2 Å². The minimum atomic E-state index is -4.71. The van der Waals surface area contributed by atoms with Gasteiger partial charge in [0.15, 0.2) is 0 Å². The van der Waals surface area contributed by atoms with Gasteiger partial charge in [-0.3, -0.25) is 23.7 Å². The third-order valence-corrected chi connectivity index (χ3v) is 10.7. The second-order valence-corrected chi connectivity index (χ2v) is 12.8. The number of nitrogens with zero attached hydrogens (tertiary/aromatic N) is 2. The Bertz CT molecular complexity index is 1890. The number of amides is 3. The summed E-state index contributed by atoms with van der Waals surface area (Å²) in [6.45, 7) is -0.470. The molecule has 0 bridgehead atoms. The minimum absolute atomic E-state index is 0.0787. The average Bonchev–Trinajstić information content (AvgIpc) is 3.41. The van der Waals surface area contributed by atoms with Gasteiger partial charge in [0.2, 0.25) is 17.7 Å². The number of hydrogen-bond acceptors (Lipinski definition) is 6. The number of fused-ring (bicyclic) bond motifs is 2. The molecule has 3 aromatic carbocycles. The van der Waals surface area contributed by atoms with Crippen molar-refractivity contribution in [2.75, 3.05) is 10.2 Å². The molecule has 7 nitrogen and oxygen atoms in total. The normalized spacial score (nSPS) is 19.6. The van der Waals surface area contributed by atoms with Gasteiger partial charge in [0.1, 0.15) is 17.6 Å². The molecule has 226 valence electrons. The van der Waals surface area contributed by atoms with Crippen LogP contribution < -0.4 is 15.1 Å². The third kappa shape index (κ3) is 5.31. The summed E-state index contributed by atoms with van der Waals surface area (Å²) in [6.07, 6.45) is -4.71. The fraction of sp³-hybridized carbons (Fsp3) is 0.172. The summed E-state index contributed by atoms with van der Waals surface area (Å²) in [7, 11) is 0. The lowest BCUT2D eigenvalue weighted by molar-refractivity contribution is -0.137. The molecule has 1 saturated heterocycles. The van der Waals surface area contributed by atoms with Crippen LogP contribution >= 0.6 is 46.3 Å². The summed E-state index contributed by atoms with van der Waals surface area (Å²) >= 11 is 14.5. The number of carbonyl (C=O) groups is 3. The zero-order valence-corrected chi connectivity index (χ0v) is 25.0. The number of alkyl halides is 3. The summed E-state index contributed by atoms with van der Waals surface area (Å²) in [5.41, 5.74) is -0.655. The summed E-state index contributed by atoms with van der Waals surface area (Å²) in [5.74, 6) is -4.78. The SMILES string of the molecule is O=C(Cn1c2c(sc1=O)C(c1cccc(Cl)c1Cl)C1C(=O)N(c3cccc(C(F)(F)F)c3)C(=O)C1S2)Nc1ccc(F)cc1. The van der Waals surface area contributed by atoms with E-state index in [0.717, 1.165) is 62.9 Å². The third-order valence-electron chi connectivity index (χ3n) is 7.23. The first-order valence-corrected chi connectivity index (χ1v) is 15.2. The van der Waals surface area contributed by atoms with Gasteiger partial charge in [-0.05, 0) is 54.1 Å². The van der Waals surface area contributed by atoms with E-state index in [1.165, 1.54) is 24.3 Å². The Morgan fingerprint density at radius 3 is 2.36 bits per heavy atom. The van der Waals surface area contributed by atoms with Crippen molar-refractivity contribution in [2.24, 2.45) is 5.92 Å². The fourth-order valence-electron chi connectivity index (χ4n) is 5.30. The molecule has 4 aromatic rings. The van der Waals surface area contributed by atoms with Crippen LogP contribution in [0.5, 0.6) is 0 Å². The summed E-state index contributed by atoms with van der Waals surface area (Å²) < 4.78 is 54.9. The molecule has 0 saturated carbocycles. The molecule has 6 rings (SSSR count). The number of anilines is 2. The number of aromatic nitrogens is 1. The van der Waals surface area contributed by atoms with E-state index < -0.39 is 63.8 Å². The first-order chi connectivity index (χ1) is 20.8. The number of benzene rings is 3. The van der Waals surface area contributed by atoms with Gasteiger partial charge >= 0.3 is 11.0 Å². The largest absolute Gasteiger partial charge is 0.416 e. The average molecular weight is 683 g/mol. The Kier molecular flexibility index (Phi) is 7.85. The van der Waals surface area contributed by atoms with Crippen LogP contribution in [0, 0.1) is 11.7 Å². The smallest absolute Gasteiger partial charge is 0.325 e. The molecule has 1 fully saturated rings. The number of rotatable bonds is 5. The number of thiazole rings is 1. The van der Waals surface area contributed by atoms with Gasteiger partial charge in [-0.25, -0.2) is 9.29 Å². The second kappa shape index (κ2) is 11.4. The van der Waals surface area contributed by atoms with Crippen molar-refractivity contribution >= 4 is 75.4 Å². The number of hydrogen-bond donors (Lipinski definition) is 1. The number of imide groups is 1.